The van der Waals surface area contributed by atoms with Gasteiger partial charge in [0, 0.05) is 12.2 Å². The van der Waals surface area contributed by atoms with Crippen LogP contribution in [0.25, 0.3) is 11.1 Å². The first-order chi connectivity index (χ1) is 10.2. The van der Waals surface area contributed by atoms with Gasteiger partial charge in [-0.25, -0.2) is 0 Å². The number of benzene rings is 2. The Bertz CT molecular complexity index is 568. The molecule has 0 unspecified atom stereocenters. The fourth-order valence-corrected chi connectivity index (χ4v) is 1.96. The Morgan fingerprint density at radius 2 is 1.67 bits per heavy atom. The van der Waals surface area contributed by atoms with E-state index in [2.05, 4.69) is 74.6 Å². The first kappa shape index (κ1) is 17.0. The molecule has 2 rings (SSSR count). The number of nitrogens with one attached hydrogen (secondary N) is 1. The fourth-order valence-electron chi connectivity index (χ4n) is 1.96. The lowest BCUT2D eigenvalue weighted by Crippen LogP contribution is -2.04. The molecule has 1 heteroatoms. The number of allylic oxidation sites excluding steroid dienone is 1. The van der Waals surface area contributed by atoms with Crippen LogP contribution in [0.4, 0.5) is 5.69 Å². The Labute approximate surface area is 129 Å². The third kappa shape index (κ3) is 5.11. The van der Waals surface area contributed by atoms with Gasteiger partial charge in [0.1, 0.15) is 0 Å². The van der Waals surface area contributed by atoms with Crippen LogP contribution in [0.2, 0.25) is 0 Å². The second-order valence-electron chi connectivity index (χ2n) is 4.88. The van der Waals surface area contributed by atoms with Gasteiger partial charge in [0.2, 0.25) is 0 Å². The average molecular weight is 281 g/mol. The van der Waals surface area contributed by atoms with Crippen molar-refractivity contribution in [2.75, 3.05) is 11.9 Å². The molecule has 0 atom stereocenters. The van der Waals surface area contributed by atoms with Crippen LogP contribution in [0, 0.1) is 6.92 Å². The van der Waals surface area contributed by atoms with Gasteiger partial charge in [-0.3, -0.25) is 0 Å². The second kappa shape index (κ2) is 9.02. The standard InChI is InChI=1S/C18H21N.C2H6/c1-4-14(2)13-19-18-12-17(11-10-15(18)3)16-8-6-5-7-9-16;1-2/h4-12,19H,13H2,1-3H3;1-2H3/b14-4-;. The van der Waals surface area contributed by atoms with Crippen molar-refractivity contribution in [1.82, 2.24) is 0 Å². The Morgan fingerprint density at radius 3 is 2.29 bits per heavy atom. The van der Waals surface area contributed by atoms with E-state index in [0.717, 1.165) is 6.54 Å². The van der Waals surface area contributed by atoms with E-state index < -0.39 is 0 Å². The molecule has 2 aromatic carbocycles. The third-order valence-electron chi connectivity index (χ3n) is 3.40. The summed E-state index contributed by atoms with van der Waals surface area (Å²) in [6, 6.07) is 17.1. The van der Waals surface area contributed by atoms with E-state index >= 15 is 0 Å². The van der Waals surface area contributed by atoms with Gasteiger partial charge in [0.15, 0.2) is 0 Å². The predicted molar refractivity (Wildman–Crippen MR) is 95.9 cm³/mol. The minimum Gasteiger partial charge on any atom is -0.381 e. The summed E-state index contributed by atoms with van der Waals surface area (Å²) in [5, 5.41) is 3.51. The molecule has 0 aliphatic rings. The molecule has 0 aliphatic carbocycles. The number of hydrogen-bond donors (Lipinski definition) is 1. The van der Waals surface area contributed by atoms with E-state index in [1.165, 1.54) is 28.0 Å². The Hall–Kier alpha value is -2.02. The van der Waals surface area contributed by atoms with E-state index in [9.17, 15) is 0 Å². The molecule has 0 fully saturated rings. The maximum atomic E-state index is 3.51. The second-order valence-corrected chi connectivity index (χ2v) is 4.88. The molecule has 0 saturated heterocycles. The number of aryl methyl sites for hydroxylation is 1. The quantitative estimate of drug-likeness (QED) is 0.671. The summed E-state index contributed by atoms with van der Waals surface area (Å²) >= 11 is 0. The minimum absolute atomic E-state index is 0.898. The molecule has 0 saturated carbocycles. The maximum Gasteiger partial charge on any atom is 0.0378 e. The average Bonchev–Trinajstić information content (AvgIpc) is 2.56. The van der Waals surface area contributed by atoms with Gasteiger partial charge in [-0.1, -0.05) is 68.0 Å². The van der Waals surface area contributed by atoms with Crippen molar-refractivity contribution in [2.45, 2.75) is 34.6 Å². The summed E-state index contributed by atoms with van der Waals surface area (Å²) in [6.45, 7) is 11.3. The summed E-state index contributed by atoms with van der Waals surface area (Å²) < 4.78 is 0. The van der Waals surface area contributed by atoms with Crippen LogP contribution in [0.3, 0.4) is 0 Å². The van der Waals surface area contributed by atoms with Gasteiger partial charge >= 0.3 is 0 Å². The summed E-state index contributed by atoms with van der Waals surface area (Å²) in [6.07, 6.45) is 2.14. The fraction of sp³-hybridized carbons (Fsp3) is 0.300. The van der Waals surface area contributed by atoms with Gasteiger partial charge in [-0.2, -0.15) is 0 Å². The van der Waals surface area contributed by atoms with E-state index in [1.54, 1.807) is 0 Å². The minimum atomic E-state index is 0.898. The molecule has 0 bridgehead atoms. The zero-order valence-electron chi connectivity index (χ0n) is 13.9. The summed E-state index contributed by atoms with van der Waals surface area (Å²) in [4.78, 5) is 0. The number of rotatable bonds is 4. The van der Waals surface area contributed by atoms with Gasteiger partial charge in [-0.05, 0) is 43.5 Å². The van der Waals surface area contributed by atoms with Crippen molar-refractivity contribution < 1.29 is 0 Å². The highest BCUT2D eigenvalue weighted by Gasteiger charge is 2.02. The van der Waals surface area contributed by atoms with Crippen molar-refractivity contribution in [3.8, 4) is 11.1 Å². The Balaban J connectivity index is 0.00000106. The van der Waals surface area contributed by atoms with Crippen molar-refractivity contribution >= 4 is 5.69 Å². The molecule has 0 amide bonds. The molecule has 1 nitrogen and oxygen atoms in total. The molecule has 0 aliphatic heterocycles. The molecular weight excluding hydrogens is 254 g/mol. The summed E-state index contributed by atoms with van der Waals surface area (Å²) in [7, 11) is 0. The van der Waals surface area contributed by atoms with Crippen LogP contribution in [0.15, 0.2) is 60.2 Å². The molecule has 0 spiro atoms. The van der Waals surface area contributed by atoms with Gasteiger partial charge in [0.05, 0.1) is 0 Å². The van der Waals surface area contributed by atoms with E-state index in [4.69, 9.17) is 0 Å². The van der Waals surface area contributed by atoms with E-state index in [0.29, 0.717) is 0 Å². The Morgan fingerprint density at radius 1 is 1.00 bits per heavy atom. The zero-order chi connectivity index (χ0) is 15.7. The van der Waals surface area contributed by atoms with Crippen LogP contribution in [0.5, 0.6) is 0 Å². The first-order valence-electron chi connectivity index (χ1n) is 7.72. The third-order valence-corrected chi connectivity index (χ3v) is 3.40. The van der Waals surface area contributed by atoms with Crippen molar-refractivity contribution in [2.24, 2.45) is 0 Å². The molecule has 21 heavy (non-hydrogen) atoms. The number of anilines is 1. The van der Waals surface area contributed by atoms with Gasteiger partial charge < -0.3 is 5.32 Å². The van der Waals surface area contributed by atoms with E-state index in [1.807, 2.05) is 19.9 Å². The topological polar surface area (TPSA) is 12.0 Å². The van der Waals surface area contributed by atoms with Crippen molar-refractivity contribution in [3.05, 3.63) is 65.7 Å². The monoisotopic (exact) mass is 281 g/mol. The molecule has 0 radical (unpaired) electrons. The molecule has 112 valence electrons. The smallest absolute Gasteiger partial charge is 0.0378 e. The summed E-state index contributed by atoms with van der Waals surface area (Å²) in [5.41, 5.74) is 6.36. The summed E-state index contributed by atoms with van der Waals surface area (Å²) in [5.74, 6) is 0. The lowest BCUT2D eigenvalue weighted by atomic mass is 10.0. The Kier molecular flexibility index (Phi) is 7.31. The van der Waals surface area contributed by atoms with Gasteiger partial charge in [0.25, 0.3) is 0 Å². The van der Waals surface area contributed by atoms with Crippen molar-refractivity contribution in [1.29, 1.82) is 0 Å². The van der Waals surface area contributed by atoms with Crippen molar-refractivity contribution in [3.63, 3.8) is 0 Å². The number of hydrogen-bond acceptors (Lipinski definition) is 1. The van der Waals surface area contributed by atoms with Crippen LogP contribution in [-0.4, -0.2) is 6.54 Å². The largest absolute Gasteiger partial charge is 0.381 e. The normalized spacial score (nSPS) is 10.6. The maximum absolute atomic E-state index is 3.51. The lowest BCUT2D eigenvalue weighted by Gasteiger charge is -2.12. The van der Waals surface area contributed by atoms with Gasteiger partial charge in [-0.15, -0.1) is 0 Å². The zero-order valence-corrected chi connectivity index (χ0v) is 13.9. The SMILES string of the molecule is C/C=C(/C)CNc1cc(-c2ccccc2)ccc1C.CC. The molecule has 0 heterocycles. The van der Waals surface area contributed by atoms with Crippen LogP contribution in [0.1, 0.15) is 33.3 Å². The molecule has 1 N–H and O–H groups in total. The van der Waals surface area contributed by atoms with Crippen LogP contribution >= 0.6 is 0 Å². The highest BCUT2D eigenvalue weighted by Crippen LogP contribution is 2.25. The molecule has 0 aromatic heterocycles. The van der Waals surface area contributed by atoms with E-state index in [-0.39, 0.29) is 0 Å². The molecular formula is C20H27N. The van der Waals surface area contributed by atoms with Crippen LogP contribution in [-0.2, 0) is 0 Å². The predicted octanol–water partition coefficient (Wildman–Crippen LogP) is 6.07. The first-order valence-corrected chi connectivity index (χ1v) is 7.72. The molecule has 2 aromatic rings. The lowest BCUT2D eigenvalue weighted by molar-refractivity contribution is 1.18. The highest BCUT2D eigenvalue weighted by atomic mass is 14.9. The highest BCUT2D eigenvalue weighted by molar-refractivity contribution is 5.70. The van der Waals surface area contributed by atoms with Crippen LogP contribution < -0.4 is 5.32 Å².